The van der Waals surface area contributed by atoms with Crippen molar-refractivity contribution < 1.29 is 29.6 Å². The fourth-order valence-corrected chi connectivity index (χ4v) is 0.945. The van der Waals surface area contributed by atoms with Crippen molar-refractivity contribution in [3.63, 3.8) is 0 Å². The van der Waals surface area contributed by atoms with Crippen molar-refractivity contribution in [1.82, 2.24) is 4.98 Å². The van der Waals surface area contributed by atoms with E-state index in [0.717, 1.165) is 11.3 Å². The standard InChI is InChI=1S/C7H9N3O.Na/c1-5-3-6(2)8-7(4-5)9-10-11;/h3-4H,1-2H3,(H,8,9,11);/q;+1. The van der Waals surface area contributed by atoms with Gasteiger partial charge in [-0.25, -0.2) is 10.4 Å². The quantitative estimate of drug-likeness (QED) is 0.348. The van der Waals surface area contributed by atoms with Crippen molar-refractivity contribution in [3.05, 3.63) is 28.3 Å². The molecular weight excluding hydrogens is 165 g/mol. The summed E-state index contributed by atoms with van der Waals surface area (Å²) >= 11 is 0. The molecule has 0 aliphatic rings. The molecule has 4 nitrogen and oxygen atoms in total. The average molecular weight is 174 g/mol. The molecule has 5 heteroatoms. The van der Waals surface area contributed by atoms with Crippen LogP contribution >= 0.6 is 0 Å². The third-order valence-electron chi connectivity index (χ3n) is 1.26. The van der Waals surface area contributed by atoms with E-state index in [4.69, 9.17) is 0 Å². The van der Waals surface area contributed by atoms with E-state index in [1.807, 2.05) is 19.9 Å². The smallest absolute Gasteiger partial charge is 0.234 e. The maximum Gasteiger partial charge on any atom is 1.00 e. The number of aromatic nitrogens is 1. The third kappa shape index (κ3) is 3.30. The Bertz CT molecular complexity index is 257. The van der Waals surface area contributed by atoms with Crippen LogP contribution in [0.4, 0.5) is 5.82 Å². The Morgan fingerprint density at radius 2 is 2.08 bits per heavy atom. The Morgan fingerprint density at radius 1 is 1.42 bits per heavy atom. The summed E-state index contributed by atoms with van der Waals surface area (Å²) in [6, 6.07) is 3.68. The maximum atomic E-state index is 9.80. The van der Waals surface area contributed by atoms with E-state index in [2.05, 4.69) is 15.7 Å². The Balaban J connectivity index is 0.00000121. The first-order chi connectivity index (χ1) is 5.22. The van der Waals surface area contributed by atoms with Gasteiger partial charge in [0.25, 0.3) is 0 Å². The molecule has 0 bridgehead atoms. The molecule has 1 heterocycles. The molecule has 0 aromatic carbocycles. The summed E-state index contributed by atoms with van der Waals surface area (Å²) in [4.78, 5) is 13.8. The Labute approximate surface area is 93.0 Å². The maximum absolute atomic E-state index is 9.80. The number of nitrogens with zero attached hydrogens (tertiary/aromatic N) is 2. The molecule has 0 fully saturated rings. The van der Waals surface area contributed by atoms with Crippen LogP contribution in [-0.4, -0.2) is 4.98 Å². The number of hydrogen-bond acceptors (Lipinski definition) is 3. The van der Waals surface area contributed by atoms with E-state index in [9.17, 15) is 4.91 Å². The zero-order valence-electron chi connectivity index (χ0n) is 7.46. The van der Waals surface area contributed by atoms with Gasteiger partial charge in [0, 0.05) is 5.69 Å². The Kier molecular flexibility index (Phi) is 5.04. The van der Waals surface area contributed by atoms with Gasteiger partial charge in [-0.05, 0) is 31.5 Å². The topological polar surface area (TPSA) is 54.4 Å². The van der Waals surface area contributed by atoms with Crippen molar-refractivity contribution in [3.8, 4) is 0 Å². The van der Waals surface area contributed by atoms with Gasteiger partial charge in [-0.2, -0.15) is 0 Å². The monoisotopic (exact) mass is 174 g/mol. The van der Waals surface area contributed by atoms with E-state index in [0.29, 0.717) is 5.82 Å². The summed E-state index contributed by atoms with van der Waals surface area (Å²) in [5.74, 6) is 0.498. The predicted octanol–water partition coefficient (Wildman–Crippen LogP) is -1.20. The molecule has 0 saturated carbocycles. The van der Waals surface area contributed by atoms with Crippen molar-refractivity contribution in [2.45, 2.75) is 13.8 Å². The molecule has 1 rings (SSSR count). The molecule has 58 valence electrons. The molecule has 0 amide bonds. The fraction of sp³-hybridized carbons (Fsp3) is 0.286. The van der Waals surface area contributed by atoms with Gasteiger partial charge in [-0.15, -0.1) is 4.91 Å². The second-order valence-electron chi connectivity index (χ2n) is 2.37. The van der Waals surface area contributed by atoms with Gasteiger partial charge >= 0.3 is 29.6 Å². The van der Waals surface area contributed by atoms with E-state index in [1.54, 1.807) is 6.07 Å². The van der Waals surface area contributed by atoms with E-state index in [1.165, 1.54) is 0 Å². The molecule has 1 aromatic rings. The van der Waals surface area contributed by atoms with Gasteiger partial charge < -0.3 is 0 Å². The van der Waals surface area contributed by atoms with Gasteiger partial charge in [0.1, 0.15) is 5.82 Å². The van der Waals surface area contributed by atoms with Crippen LogP contribution in [0.25, 0.3) is 0 Å². The summed E-state index contributed by atoms with van der Waals surface area (Å²) in [6.07, 6.45) is 0. The van der Waals surface area contributed by atoms with Crippen LogP contribution in [0.1, 0.15) is 11.3 Å². The van der Waals surface area contributed by atoms with Crippen LogP contribution in [-0.2, 0) is 0 Å². The summed E-state index contributed by atoms with van der Waals surface area (Å²) in [5.41, 5.74) is 4.18. The summed E-state index contributed by atoms with van der Waals surface area (Å²) in [6.45, 7) is 3.80. The van der Waals surface area contributed by atoms with Gasteiger partial charge in [-0.1, -0.05) is 0 Å². The second-order valence-corrected chi connectivity index (χ2v) is 2.37. The molecule has 0 radical (unpaired) electrons. The largest absolute Gasteiger partial charge is 1.00 e. The van der Waals surface area contributed by atoms with Crippen molar-refractivity contribution >= 4 is 5.82 Å². The number of hydrogen-bond donors (Lipinski definition) is 1. The van der Waals surface area contributed by atoms with Gasteiger partial charge in [-0.3, -0.25) is 0 Å². The molecule has 1 aromatic heterocycles. The summed E-state index contributed by atoms with van der Waals surface area (Å²) < 4.78 is 0. The first-order valence-electron chi connectivity index (χ1n) is 3.26. The molecule has 1 N–H and O–H groups in total. The van der Waals surface area contributed by atoms with Gasteiger partial charge in [0.2, 0.25) is 0 Å². The average Bonchev–Trinajstić information content (AvgIpc) is 1.85. The van der Waals surface area contributed by atoms with Crippen LogP contribution in [0.3, 0.4) is 0 Å². The molecule has 0 atom stereocenters. The van der Waals surface area contributed by atoms with Crippen LogP contribution in [0.15, 0.2) is 17.4 Å². The second kappa shape index (κ2) is 5.24. The number of pyridine rings is 1. The van der Waals surface area contributed by atoms with Crippen LogP contribution < -0.4 is 35.0 Å². The van der Waals surface area contributed by atoms with Crippen LogP contribution in [0, 0.1) is 18.8 Å². The van der Waals surface area contributed by atoms with Crippen LogP contribution in [0.5, 0.6) is 0 Å². The van der Waals surface area contributed by atoms with Gasteiger partial charge in [0.05, 0.1) is 5.29 Å². The van der Waals surface area contributed by atoms with E-state index >= 15 is 0 Å². The number of nitrogens with one attached hydrogen (secondary N) is 1. The minimum atomic E-state index is 0. The Morgan fingerprint density at radius 3 is 2.58 bits per heavy atom. The van der Waals surface area contributed by atoms with Gasteiger partial charge in [0.15, 0.2) is 0 Å². The molecule has 0 unspecified atom stereocenters. The normalized spacial score (nSPS) is 8.50. The summed E-state index contributed by atoms with van der Waals surface area (Å²) in [7, 11) is 0. The number of aryl methyl sites for hydroxylation is 2. The van der Waals surface area contributed by atoms with E-state index in [-0.39, 0.29) is 29.6 Å². The van der Waals surface area contributed by atoms with Crippen molar-refractivity contribution in [2.75, 3.05) is 5.43 Å². The zero-order chi connectivity index (χ0) is 8.27. The van der Waals surface area contributed by atoms with Crippen LogP contribution in [0.2, 0.25) is 0 Å². The number of anilines is 1. The Hall–Kier alpha value is -0.450. The molecule has 0 saturated heterocycles. The SMILES string of the molecule is Cc1cc(C)nc(NN=O)c1.[Na+]. The van der Waals surface area contributed by atoms with E-state index < -0.39 is 0 Å². The molecule has 12 heavy (non-hydrogen) atoms. The number of nitroso groups, excluding NO2 is 1. The fourth-order valence-electron chi connectivity index (χ4n) is 0.945. The van der Waals surface area contributed by atoms with Crippen molar-refractivity contribution in [2.24, 2.45) is 5.29 Å². The summed E-state index contributed by atoms with van der Waals surface area (Å²) in [5, 5.41) is 2.53. The zero-order valence-corrected chi connectivity index (χ0v) is 9.46. The third-order valence-corrected chi connectivity index (χ3v) is 1.26. The minimum absolute atomic E-state index is 0. The predicted molar refractivity (Wildman–Crippen MR) is 43.1 cm³/mol. The first-order valence-corrected chi connectivity index (χ1v) is 3.26. The minimum Gasteiger partial charge on any atom is -0.234 e. The molecule has 0 spiro atoms. The molecular formula is C7H9N3NaO+. The molecule has 0 aliphatic carbocycles. The first kappa shape index (κ1) is 11.6. The molecule has 0 aliphatic heterocycles. The van der Waals surface area contributed by atoms with Crippen molar-refractivity contribution in [1.29, 1.82) is 0 Å². The number of rotatable bonds is 2.